The molecule has 0 atom stereocenters. The molecular formula is C7H5N5O3. The fourth-order valence-corrected chi connectivity index (χ4v) is 1.13. The van der Waals surface area contributed by atoms with E-state index in [0.717, 1.165) is 6.33 Å². The van der Waals surface area contributed by atoms with E-state index in [1.54, 1.807) is 0 Å². The fourth-order valence-electron chi connectivity index (χ4n) is 1.13. The minimum absolute atomic E-state index is 0.0104. The third-order valence-electron chi connectivity index (χ3n) is 1.72. The van der Waals surface area contributed by atoms with Crippen molar-refractivity contribution in [2.24, 2.45) is 0 Å². The summed E-state index contributed by atoms with van der Waals surface area (Å²) in [6, 6.07) is 0. The zero-order chi connectivity index (χ0) is 10.8. The van der Waals surface area contributed by atoms with Crippen LogP contribution >= 0.6 is 0 Å². The molecule has 0 aromatic carbocycles. The van der Waals surface area contributed by atoms with E-state index in [9.17, 15) is 9.59 Å². The van der Waals surface area contributed by atoms with E-state index in [0.29, 0.717) is 0 Å². The second-order valence-electron chi connectivity index (χ2n) is 2.73. The van der Waals surface area contributed by atoms with Crippen LogP contribution in [0.25, 0.3) is 11.0 Å². The number of fused-ring (bicyclic) bond motifs is 1. The number of aromatic amines is 1. The number of carboxylic acid groups (broad SMARTS) is 1. The molecule has 0 amide bonds. The normalized spacial score (nSPS) is 10.4. The molecule has 0 unspecified atom stereocenters. The maximum Gasteiger partial charge on any atom is 0.309 e. The Kier molecular flexibility index (Phi) is 2.08. The summed E-state index contributed by atoms with van der Waals surface area (Å²) in [4.78, 5) is 25.5. The van der Waals surface area contributed by atoms with Crippen LogP contribution < -0.4 is 5.56 Å². The number of carboxylic acids is 1. The van der Waals surface area contributed by atoms with Crippen LogP contribution in [0.2, 0.25) is 0 Å². The Morgan fingerprint density at radius 1 is 1.47 bits per heavy atom. The van der Waals surface area contributed by atoms with Crippen molar-refractivity contribution in [1.29, 1.82) is 0 Å². The topological polar surface area (TPSA) is 122 Å². The quantitative estimate of drug-likeness (QED) is 0.629. The molecule has 2 aromatic heterocycles. The van der Waals surface area contributed by atoms with Gasteiger partial charge in [0.05, 0.1) is 6.42 Å². The summed E-state index contributed by atoms with van der Waals surface area (Å²) < 4.78 is 0. The Hall–Kier alpha value is -2.38. The Labute approximate surface area is 82.0 Å². The molecule has 2 heterocycles. The molecule has 0 aliphatic rings. The summed E-state index contributed by atoms with van der Waals surface area (Å²) in [7, 11) is 0. The summed E-state index contributed by atoms with van der Waals surface area (Å²) in [5.74, 6) is -1.06. The second-order valence-corrected chi connectivity index (χ2v) is 2.73. The lowest BCUT2D eigenvalue weighted by atomic mass is 10.2. The predicted molar refractivity (Wildman–Crippen MR) is 47.1 cm³/mol. The van der Waals surface area contributed by atoms with E-state index in [-0.39, 0.29) is 23.1 Å². The van der Waals surface area contributed by atoms with Crippen molar-refractivity contribution in [2.45, 2.75) is 6.42 Å². The van der Waals surface area contributed by atoms with Crippen LogP contribution in [0.1, 0.15) is 5.69 Å². The summed E-state index contributed by atoms with van der Waals surface area (Å²) in [5.41, 5.74) is -0.230. The van der Waals surface area contributed by atoms with Crippen molar-refractivity contribution >= 4 is 17.0 Å². The zero-order valence-electron chi connectivity index (χ0n) is 7.34. The molecule has 0 bridgehead atoms. The van der Waals surface area contributed by atoms with E-state index in [1.807, 2.05) is 0 Å². The molecule has 0 fully saturated rings. The van der Waals surface area contributed by atoms with Crippen molar-refractivity contribution in [2.75, 3.05) is 0 Å². The predicted octanol–water partition coefficient (Wildman–Crippen LogP) is -1.26. The largest absolute Gasteiger partial charge is 0.481 e. The van der Waals surface area contributed by atoms with Crippen LogP contribution in [0.3, 0.4) is 0 Å². The third kappa shape index (κ3) is 1.64. The zero-order valence-corrected chi connectivity index (χ0v) is 7.34. The summed E-state index contributed by atoms with van der Waals surface area (Å²) >= 11 is 0. The van der Waals surface area contributed by atoms with Gasteiger partial charge in [-0.2, -0.15) is 5.10 Å². The number of aliphatic carboxylic acids is 1. The monoisotopic (exact) mass is 207 g/mol. The van der Waals surface area contributed by atoms with Gasteiger partial charge in [0.1, 0.15) is 17.5 Å². The first-order valence-corrected chi connectivity index (χ1v) is 3.95. The maximum atomic E-state index is 11.2. The fraction of sp³-hybridized carbons (Fsp3) is 0.143. The van der Waals surface area contributed by atoms with E-state index < -0.39 is 11.5 Å². The number of nitrogens with one attached hydrogen (secondary N) is 1. The van der Waals surface area contributed by atoms with Crippen molar-refractivity contribution in [3.63, 3.8) is 0 Å². The number of hydrogen-bond acceptors (Lipinski definition) is 6. The van der Waals surface area contributed by atoms with E-state index in [4.69, 9.17) is 5.11 Å². The Bertz CT molecular complexity index is 578. The van der Waals surface area contributed by atoms with Crippen molar-refractivity contribution in [3.8, 4) is 0 Å². The first-order chi connectivity index (χ1) is 7.18. The lowest BCUT2D eigenvalue weighted by Gasteiger charge is -1.98. The molecule has 0 aliphatic heterocycles. The standard InChI is InChI=1S/C7H5N5O3/c13-4(14)1-3-5-6(7(15)12-10-3)11-9-2-8-5/h2H,1H2,(H,12,15)(H,13,14). The maximum absolute atomic E-state index is 11.2. The van der Waals surface area contributed by atoms with Gasteiger partial charge < -0.3 is 5.11 Å². The number of hydrogen-bond donors (Lipinski definition) is 2. The average Bonchev–Trinajstić information content (AvgIpc) is 2.22. The Morgan fingerprint density at radius 3 is 3.00 bits per heavy atom. The van der Waals surface area contributed by atoms with Crippen LogP contribution in [0.4, 0.5) is 0 Å². The molecule has 15 heavy (non-hydrogen) atoms. The van der Waals surface area contributed by atoms with Crippen LogP contribution in [0.5, 0.6) is 0 Å². The molecule has 0 saturated heterocycles. The van der Waals surface area contributed by atoms with Crippen LogP contribution in [-0.2, 0) is 11.2 Å². The molecule has 76 valence electrons. The number of aromatic nitrogens is 5. The van der Waals surface area contributed by atoms with Crippen molar-refractivity contribution in [1.82, 2.24) is 25.4 Å². The highest BCUT2D eigenvalue weighted by atomic mass is 16.4. The van der Waals surface area contributed by atoms with Gasteiger partial charge in [-0.3, -0.25) is 9.59 Å². The Balaban J connectivity index is 2.71. The minimum Gasteiger partial charge on any atom is -0.481 e. The Morgan fingerprint density at radius 2 is 2.27 bits per heavy atom. The highest BCUT2D eigenvalue weighted by Crippen LogP contribution is 2.05. The number of carbonyl (C=O) groups is 1. The van der Waals surface area contributed by atoms with Gasteiger partial charge in [0, 0.05) is 0 Å². The van der Waals surface area contributed by atoms with Crippen molar-refractivity contribution < 1.29 is 9.90 Å². The first-order valence-electron chi connectivity index (χ1n) is 3.95. The molecule has 8 heteroatoms. The summed E-state index contributed by atoms with van der Waals surface area (Å²) in [6.07, 6.45) is 0.806. The van der Waals surface area contributed by atoms with E-state index in [1.165, 1.54) is 0 Å². The van der Waals surface area contributed by atoms with E-state index in [2.05, 4.69) is 25.4 Å². The summed E-state index contributed by atoms with van der Waals surface area (Å²) in [5, 5.41) is 21.3. The molecule has 2 aromatic rings. The lowest BCUT2D eigenvalue weighted by Crippen LogP contribution is -2.15. The van der Waals surface area contributed by atoms with Gasteiger partial charge >= 0.3 is 5.97 Å². The molecule has 0 saturated carbocycles. The molecule has 0 radical (unpaired) electrons. The van der Waals surface area contributed by atoms with Crippen LogP contribution in [-0.4, -0.2) is 36.5 Å². The van der Waals surface area contributed by atoms with Crippen LogP contribution in [0, 0.1) is 0 Å². The number of rotatable bonds is 2. The van der Waals surface area contributed by atoms with Crippen LogP contribution in [0.15, 0.2) is 11.1 Å². The highest BCUT2D eigenvalue weighted by molar-refractivity contribution is 5.79. The van der Waals surface area contributed by atoms with Gasteiger partial charge in [0.2, 0.25) is 0 Å². The van der Waals surface area contributed by atoms with Gasteiger partial charge in [-0.05, 0) is 0 Å². The summed E-state index contributed by atoms with van der Waals surface area (Å²) in [6.45, 7) is 0. The molecule has 2 N–H and O–H groups in total. The molecule has 2 rings (SSSR count). The van der Waals surface area contributed by atoms with Gasteiger partial charge in [0.25, 0.3) is 5.56 Å². The van der Waals surface area contributed by atoms with Crippen molar-refractivity contribution in [3.05, 3.63) is 22.4 Å². The molecule has 8 nitrogen and oxygen atoms in total. The average molecular weight is 207 g/mol. The van der Waals surface area contributed by atoms with E-state index >= 15 is 0 Å². The third-order valence-corrected chi connectivity index (χ3v) is 1.72. The lowest BCUT2D eigenvalue weighted by molar-refractivity contribution is -0.136. The first kappa shape index (κ1) is 9.19. The minimum atomic E-state index is -1.06. The SMILES string of the molecule is O=C(O)Cc1n[nH]c(=O)c2nncnc12. The number of H-pyrrole nitrogens is 1. The van der Waals surface area contributed by atoms with Gasteiger partial charge in [0.15, 0.2) is 5.52 Å². The smallest absolute Gasteiger partial charge is 0.309 e. The van der Waals surface area contributed by atoms with Gasteiger partial charge in [-0.15, -0.1) is 10.2 Å². The number of nitrogens with zero attached hydrogens (tertiary/aromatic N) is 4. The molecule has 0 aliphatic carbocycles. The molecular weight excluding hydrogens is 202 g/mol. The second kappa shape index (κ2) is 3.40. The van der Waals surface area contributed by atoms with Gasteiger partial charge in [-0.25, -0.2) is 10.1 Å². The van der Waals surface area contributed by atoms with Gasteiger partial charge in [-0.1, -0.05) is 0 Å². The highest BCUT2D eigenvalue weighted by Gasteiger charge is 2.11. The molecule has 0 spiro atoms.